The van der Waals surface area contributed by atoms with Gasteiger partial charge in [-0.3, -0.25) is 9.78 Å². The third-order valence-corrected chi connectivity index (χ3v) is 3.58. The van der Waals surface area contributed by atoms with Gasteiger partial charge in [-0.15, -0.1) is 0 Å². The second-order valence-electron chi connectivity index (χ2n) is 3.38. The first-order valence-electron chi connectivity index (χ1n) is 5.04. The fourth-order valence-electron chi connectivity index (χ4n) is 1.29. The second-order valence-corrected chi connectivity index (χ2v) is 5.22. The molecule has 1 heterocycles. The maximum Gasteiger partial charge on any atom is 0.174 e. The number of carbonyl (C=O) groups excluding carboxylic acids is 1. The van der Waals surface area contributed by atoms with Crippen LogP contribution in [-0.2, 0) is 0 Å². The van der Waals surface area contributed by atoms with Gasteiger partial charge in [0.2, 0.25) is 0 Å². The molecule has 18 heavy (non-hydrogen) atoms. The molecule has 0 bridgehead atoms. The Morgan fingerprint density at radius 3 is 2.78 bits per heavy atom. The van der Waals surface area contributed by atoms with Crippen LogP contribution in [0.25, 0.3) is 0 Å². The molecule has 0 aliphatic heterocycles. The van der Waals surface area contributed by atoms with Crippen molar-refractivity contribution in [2.75, 3.05) is 5.75 Å². The highest BCUT2D eigenvalue weighted by atomic mass is 35.5. The quantitative estimate of drug-likeness (QED) is 0.637. The van der Waals surface area contributed by atoms with Crippen LogP contribution >= 0.6 is 35.0 Å². The Balaban J connectivity index is 2.04. The van der Waals surface area contributed by atoms with Crippen LogP contribution in [0.5, 0.6) is 0 Å². The van der Waals surface area contributed by atoms with Crippen molar-refractivity contribution in [2.45, 2.75) is 5.03 Å². The molecular formula is C12H8Cl2N2OS. The van der Waals surface area contributed by atoms with Gasteiger partial charge in [-0.25, -0.2) is 4.98 Å². The van der Waals surface area contributed by atoms with E-state index in [-0.39, 0.29) is 11.5 Å². The second kappa shape index (κ2) is 6.18. The highest BCUT2D eigenvalue weighted by Gasteiger charge is 2.11. The van der Waals surface area contributed by atoms with E-state index in [1.807, 2.05) is 0 Å². The largest absolute Gasteiger partial charge is 0.293 e. The molecule has 0 amide bonds. The number of rotatable bonds is 4. The first-order chi connectivity index (χ1) is 8.66. The van der Waals surface area contributed by atoms with Gasteiger partial charge in [-0.05, 0) is 18.2 Å². The van der Waals surface area contributed by atoms with Gasteiger partial charge in [-0.2, -0.15) is 0 Å². The molecule has 0 fully saturated rings. The van der Waals surface area contributed by atoms with Gasteiger partial charge in [0.15, 0.2) is 5.78 Å². The lowest BCUT2D eigenvalue weighted by Gasteiger charge is -2.03. The zero-order valence-electron chi connectivity index (χ0n) is 9.14. The molecule has 0 saturated heterocycles. The summed E-state index contributed by atoms with van der Waals surface area (Å²) in [7, 11) is 0. The minimum atomic E-state index is -0.0627. The lowest BCUT2D eigenvalue weighted by molar-refractivity contribution is 0.102. The van der Waals surface area contributed by atoms with E-state index in [1.54, 1.807) is 36.8 Å². The van der Waals surface area contributed by atoms with E-state index in [4.69, 9.17) is 23.2 Å². The molecule has 0 N–H and O–H groups in total. The third kappa shape index (κ3) is 3.45. The summed E-state index contributed by atoms with van der Waals surface area (Å²) in [5.74, 6) is 0.201. The maximum absolute atomic E-state index is 12.0. The van der Waals surface area contributed by atoms with Gasteiger partial charge in [-0.1, -0.05) is 35.0 Å². The number of thioether (sulfide) groups is 1. The molecule has 0 radical (unpaired) electrons. The van der Waals surface area contributed by atoms with E-state index in [0.717, 1.165) is 0 Å². The lowest BCUT2D eigenvalue weighted by atomic mass is 10.1. The molecule has 2 aromatic rings. The Kier molecular flexibility index (Phi) is 4.58. The fraction of sp³-hybridized carbons (Fsp3) is 0.0833. The highest BCUT2D eigenvalue weighted by Crippen LogP contribution is 2.23. The first kappa shape index (κ1) is 13.3. The van der Waals surface area contributed by atoms with Crippen molar-refractivity contribution in [1.29, 1.82) is 0 Å². The monoisotopic (exact) mass is 298 g/mol. The SMILES string of the molecule is O=C(CSc1cnccn1)c1ccc(Cl)cc1Cl. The van der Waals surface area contributed by atoms with Crippen LogP contribution in [0.3, 0.4) is 0 Å². The van der Waals surface area contributed by atoms with Crippen LogP contribution in [0.2, 0.25) is 10.0 Å². The number of ketones is 1. The van der Waals surface area contributed by atoms with Crippen molar-refractivity contribution >= 4 is 40.7 Å². The Hall–Kier alpha value is -1.10. The molecule has 0 aliphatic carbocycles. The Bertz CT molecular complexity index is 563. The summed E-state index contributed by atoms with van der Waals surface area (Å²) in [5, 5.41) is 1.58. The van der Waals surface area contributed by atoms with Gasteiger partial charge >= 0.3 is 0 Å². The number of carbonyl (C=O) groups is 1. The molecule has 0 atom stereocenters. The summed E-state index contributed by atoms with van der Waals surface area (Å²) in [4.78, 5) is 20.0. The first-order valence-corrected chi connectivity index (χ1v) is 6.78. The smallest absolute Gasteiger partial charge is 0.174 e. The summed E-state index contributed by atoms with van der Waals surface area (Å²) < 4.78 is 0. The molecular weight excluding hydrogens is 291 g/mol. The van der Waals surface area contributed by atoms with Crippen molar-refractivity contribution in [3.8, 4) is 0 Å². The van der Waals surface area contributed by atoms with Gasteiger partial charge in [0.25, 0.3) is 0 Å². The number of aromatic nitrogens is 2. The molecule has 6 heteroatoms. The third-order valence-electron chi connectivity index (χ3n) is 2.12. The Morgan fingerprint density at radius 2 is 2.11 bits per heavy atom. The fourth-order valence-corrected chi connectivity index (χ4v) is 2.51. The van der Waals surface area contributed by atoms with Gasteiger partial charge in [0.1, 0.15) is 5.03 Å². The van der Waals surface area contributed by atoms with Crippen molar-refractivity contribution in [3.05, 3.63) is 52.4 Å². The van der Waals surface area contributed by atoms with Crippen LogP contribution in [-0.4, -0.2) is 21.5 Å². The summed E-state index contributed by atoms with van der Waals surface area (Å²) >= 11 is 13.1. The zero-order valence-corrected chi connectivity index (χ0v) is 11.5. The van der Waals surface area contributed by atoms with Crippen molar-refractivity contribution in [2.24, 2.45) is 0 Å². The molecule has 1 aromatic heterocycles. The Morgan fingerprint density at radius 1 is 1.28 bits per heavy atom. The normalized spacial score (nSPS) is 10.3. The van der Waals surface area contributed by atoms with Crippen LogP contribution < -0.4 is 0 Å². The van der Waals surface area contributed by atoms with E-state index in [0.29, 0.717) is 20.6 Å². The average molecular weight is 299 g/mol. The molecule has 0 saturated carbocycles. The van der Waals surface area contributed by atoms with Gasteiger partial charge < -0.3 is 0 Å². The van der Waals surface area contributed by atoms with E-state index in [9.17, 15) is 4.79 Å². The minimum absolute atomic E-state index is 0.0627. The Labute approximate surface area is 119 Å². The van der Waals surface area contributed by atoms with Crippen LogP contribution in [0.1, 0.15) is 10.4 Å². The van der Waals surface area contributed by atoms with E-state index >= 15 is 0 Å². The molecule has 2 rings (SSSR count). The minimum Gasteiger partial charge on any atom is -0.293 e. The number of benzene rings is 1. The zero-order chi connectivity index (χ0) is 13.0. The van der Waals surface area contributed by atoms with Crippen molar-refractivity contribution in [3.63, 3.8) is 0 Å². The topological polar surface area (TPSA) is 42.9 Å². The molecule has 3 nitrogen and oxygen atoms in total. The van der Waals surface area contributed by atoms with Crippen molar-refractivity contribution in [1.82, 2.24) is 9.97 Å². The van der Waals surface area contributed by atoms with Crippen LogP contribution in [0.4, 0.5) is 0 Å². The summed E-state index contributed by atoms with van der Waals surface area (Å²) in [6.45, 7) is 0. The predicted octanol–water partition coefficient (Wildman–Crippen LogP) is 3.76. The van der Waals surface area contributed by atoms with Crippen molar-refractivity contribution < 1.29 is 4.79 Å². The standard InChI is InChI=1S/C12H8Cl2N2OS/c13-8-1-2-9(10(14)5-8)11(17)7-18-12-6-15-3-4-16-12/h1-6H,7H2. The number of hydrogen-bond donors (Lipinski definition) is 0. The lowest BCUT2D eigenvalue weighted by Crippen LogP contribution is -2.03. The number of hydrogen-bond acceptors (Lipinski definition) is 4. The van der Waals surface area contributed by atoms with Crippen LogP contribution in [0, 0.1) is 0 Å². The van der Waals surface area contributed by atoms with E-state index in [1.165, 1.54) is 11.8 Å². The number of halogens is 2. The maximum atomic E-state index is 12.0. The van der Waals surface area contributed by atoms with Crippen LogP contribution in [0.15, 0.2) is 41.8 Å². The molecule has 92 valence electrons. The summed E-state index contributed by atoms with van der Waals surface area (Å²) in [5.41, 5.74) is 0.470. The number of nitrogens with zero attached hydrogens (tertiary/aromatic N) is 2. The molecule has 0 aliphatic rings. The summed E-state index contributed by atoms with van der Waals surface area (Å²) in [6, 6.07) is 4.83. The van der Waals surface area contributed by atoms with Gasteiger partial charge in [0, 0.05) is 23.0 Å². The average Bonchev–Trinajstić information content (AvgIpc) is 2.37. The molecule has 1 aromatic carbocycles. The van der Waals surface area contributed by atoms with E-state index < -0.39 is 0 Å². The molecule has 0 unspecified atom stereocenters. The summed E-state index contributed by atoms with van der Waals surface area (Å²) in [6.07, 6.45) is 4.78. The predicted molar refractivity (Wildman–Crippen MR) is 73.5 cm³/mol. The number of Topliss-reactive ketones (excluding diaryl/α,β-unsaturated/α-hetero) is 1. The highest BCUT2D eigenvalue weighted by molar-refractivity contribution is 7.99. The van der Waals surface area contributed by atoms with Gasteiger partial charge in [0.05, 0.1) is 17.0 Å². The van der Waals surface area contributed by atoms with E-state index in [2.05, 4.69) is 9.97 Å². The molecule has 0 spiro atoms.